The van der Waals surface area contributed by atoms with Gasteiger partial charge in [-0.25, -0.2) is 0 Å². The Bertz CT molecular complexity index is 322. The van der Waals surface area contributed by atoms with Crippen LogP contribution in [0.2, 0.25) is 5.02 Å². The molecule has 4 heteroatoms. The highest BCUT2D eigenvalue weighted by Gasteiger charge is 2.09. The van der Waals surface area contributed by atoms with E-state index in [0.717, 1.165) is 18.5 Å². The molecule has 1 aromatic rings. The molecule has 2 nitrogen and oxygen atoms in total. The number of benzene rings is 1. The molecule has 0 heterocycles. The van der Waals surface area contributed by atoms with Crippen LogP contribution < -0.4 is 5.32 Å². The first-order chi connectivity index (χ1) is 8.25. The fourth-order valence-electron chi connectivity index (χ4n) is 1.59. The number of aliphatic hydroxyl groups excluding tert-OH is 1. The highest BCUT2D eigenvalue weighted by atomic mass is 35.5. The molecule has 0 bridgehead atoms. The zero-order chi connectivity index (χ0) is 12.5. The van der Waals surface area contributed by atoms with E-state index in [1.807, 2.05) is 30.0 Å². The summed E-state index contributed by atoms with van der Waals surface area (Å²) in [6.07, 6.45) is 3.96. The molecule has 1 atom stereocenters. The van der Waals surface area contributed by atoms with Crippen molar-refractivity contribution in [3.05, 3.63) is 34.9 Å². The lowest BCUT2D eigenvalue weighted by atomic mass is 10.1. The smallest absolute Gasteiger partial charge is 0.0928 e. The number of hydrogen-bond acceptors (Lipinski definition) is 3. The van der Waals surface area contributed by atoms with Crippen LogP contribution in [0, 0.1) is 0 Å². The summed E-state index contributed by atoms with van der Waals surface area (Å²) >= 11 is 7.88. The molecule has 0 aliphatic carbocycles. The van der Waals surface area contributed by atoms with Crippen molar-refractivity contribution in [3.63, 3.8) is 0 Å². The molecule has 96 valence electrons. The van der Waals surface area contributed by atoms with Gasteiger partial charge in [-0.2, -0.15) is 11.8 Å². The molecular weight excluding hydrogens is 254 g/mol. The molecule has 2 N–H and O–H groups in total. The van der Waals surface area contributed by atoms with Gasteiger partial charge in [0.25, 0.3) is 0 Å². The lowest BCUT2D eigenvalue weighted by Crippen LogP contribution is -2.22. The van der Waals surface area contributed by atoms with Gasteiger partial charge in [-0.3, -0.25) is 0 Å². The summed E-state index contributed by atoms with van der Waals surface area (Å²) in [5, 5.41) is 13.8. The normalized spacial score (nSPS) is 12.6. The van der Waals surface area contributed by atoms with Gasteiger partial charge in [-0.1, -0.05) is 29.8 Å². The highest BCUT2D eigenvalue weighted by molar-refractivity contribution is 7.98. The Morgan fingerprint density at radius 1 is 1.35 bits per heavy atom. The summed E-state index contributed by atoms with van der Waals surface area (Å²) in [4.78, 5) is 0. The number of unbranched alkanes of at least 4 members (excludes halogenated alkanes) is 1. The Morgan fingerprint density at radius 3 is 2.82 bits per heavy atom. The molecule has 17 heavy (non-hydrogen) atoms. The van der Waals surface area contributed by atoms with E-state index in [9.17, 15) is 5.11 Å². The summed E-state index contributed by atoms with van der Waals surface area (Å²) in [6.45, 7) is 1.51. The van der Waals surface area contributed by atoms with Crippen LogP contribution in [0.4, 0.5) is 0 Å². The number of thioether (sulfide) groups is 1. The first-order valence-corrected chi connectivity index (χ1v) is 7.65. The number of hydrogen-bond donors (Lipinski definition) is 2. The molecule has 1 aromatic carbocycles. The van der Waals surface area contributed by atoms with Crippen LogP contribution in [0.5, 0.6) is 0 Å². The topological polar surface area (TPSA) is 32.3 Å². The van der Waals surface area contributed by atoms with Crippen molar-refractivity contribution >= 4 is 23.4 Å². The lowest BCUT2D eigenvalue weighted by molar-refractivity contribution is 0.175. The Morgan fingerprint density at radius 2 is 2.12 bits per heavy atom. The maximum atomic E-state index is 9.95. The van der Waals surface area contributed by atoms with Gasteiger partial charge in [0.2, 0.25) is 0 Å². The van der Waals surface area contributed by atoms with Gasteiger partial charge in [0.15, 0.2) is 0 Å². The molecule has 0 aliphatic heterocycles. The second kappa shape index (κ2) is 8.81. The van der Waals surface area contributed by atoms with Gasteiger partial charge in [0.1, 0.15) is 0 Å². The van der Waals surface area contributed by atoms with Crippen molar-refractivity contribution in [2.24, 2.45) is 0 Å². The first-order valence-electron chi connectivity index (χ1n) is 5.88. The average molecular weight is 274 g/mol. The summed E-state index contributed by atoms with van der Waals surface area (Å²) in [7, 11) is 0. The van der Waals surface area contributed by atoms with E-state index in [1.54, 1.807) is 6.07 Å². The lowest BCUT2D eigenvalue weighted by Gasteiger charge is -2.13. The molecule has 0 aliphatic rings. The van der Waals surface area contributed by atoms with E-state index in [-0.39, 0.29) is 0 Å². The minimum absolute atomic E-state index is 0.524. The standard InChI is InChI=1S/C13H20ClNOS/c1-17-9-5-4-8-15-10-13(16)11-6-2-3-7-12(11)14/h2-3,6-7,13,15-16H,4-5,8-10H2,1H3. The van der Waals surface area contributed by atoms with E-state index in [0.29, 0.717) is 11.6 Å². The van der Waals surface area contributed by atoms with E-state index in [2.05, 4.69) is 11.6 Å². The van der Waals surface area contributed by atoms with Crippen LogP contribution in [0.1, 0.15) is 24.5 Å². The molecule has 0 spiro atoms. The third kappa shape index (κ3) is 5.77. The molecule has 0 radical (unpaired) electrons. The van der Waals surface area contributed by atoms with Gasteiger partial charge in [-0.05, 0) is 37.5 Å². The third-order valence-electron chi connectivity index (χ3n) is 2.55. The molecule has 0 saturated heterocycles. The SMILES string of the molecule is CSCCCCNCC(O)c1ccccc1Cl. The molecule has 1 unspecified atom stereocenters. The highest BCUT2D eigenvalue weighted by Crippen LogP contribution is 2.21. The molecule has 0 saturated carbocycles. The maximum Gasteiger partial charge on any atom is 0.0928 e. The Labute approximate surface area is 113 Å². The van der Waals surface area contributed by atoms with E-state index >= 15 is 0 Å². The fourth-order valence-corrected chi connectivity index (χ4v) is 2.34. The van der Waals surface area contributed by atoms with E-state index in [4.69, 9.17) is 11.6 Å². The predicted octanol–water partition coefficient (Wildman–Crippen LogP) is 3.11. The van der Waals surface area contributed by atoms with E-state index < -0.39 is 6.10 Å². The quantitative estimate of drug-likeness (QED) is 0.714. The van der Waals surface area contributed by atoms with Crippen molar-refractivity contribution in [2.45, 2.75) is 18.9 Å². The third-order valence-corrected chi connectivity index (χ3v) is 3.60. The Hall–Kier alpha value is -0.220. The maximum absolute atomic E-state index is 9.95. The number of nitrogens with one attached hydrogen (secondary N) is 1. The summed E-state index contributed by atoms with van der Waals surface area (Å²) in [5.74, 6) is 1.20. The van der Waals surface area contributed by atoms with Crippen LogP contribution in [0.3, 0.4) is 0 Å². The van der Waals surface area contributed by atoms with Crippen LogP contribution in [-0.2, 0) is 0 Å². The van der Waals surface area contributed by atoms with Crippen molar-refractivity contribution in [3.8, 4) is 0 Å². The largest absolute Gasteiger partial charge is 0.387 e. The summed E-state index contributed by atoms with van der Waals surface area (Å²) < 4.78 is 0. The Kier molecular flexibility index (Phi) is 7.69. The summed E-state index contributed by atoms with van der Waals surface area (Å²) in [6, 6.07) is 7.43. The number of aliphatic hydroxyl groups is 1. The van der Waals surface area contributed by atoms with Crippen molar-refractivity contribution in [1.82, 2.24) is 5.32 Å². The molecular formula is C13H20ClNOS. The number of halogens is 1. The second-order valence-corrected chi connectivity index (χ2v) is 5.33. The van der Waals surface area contributed by atoms with E-state index in [1.165, 1.54) is 12.2 Å². The summed E-state index contributed by atoms with van der Waals surface area (Å²) in [5.41, 5.74) is 0.797. The zero-order valence-corrected chi connectivity index (χ0v) is 11.7. The zero-order valence-electron chi connectivity index (χ0n) is 10.2. The van der Waals surface area contributed by atoms with Crippen molar-refractivity contribution in [2.75, 3.05) is 25.1 Å². The van der Waals surface area contributed by atoms with Crippen LogP contribution in [0.15, 0.2) is 24.3 Å². The number of rotatable bonds is 8. The molecule has 0 amide bonds. The van der Waals surface area contributed by atoms with Gasteiger partial charge >= 0.3 is 0 Å². The average Bonchev–Trinajstić information content (AvgIpc) is 2.34. The van der Waals surface area contributed by atoms with Gasteiger partial charge in [-0.15, -0.1) is 0 Å². The van der Waals surface area contributed by atoms with Crippen molar-refractivity contribution < 1.29 is 5.11 Å². The van der Waals surface area contributed by atoms with Crippen molar-refractivity contribution in [1.29, 1.82) is 0 Å². The molecule has 0 fully saturated rings. The predicted molar refractivity (Wildman–Crippen MR) is 76.9 cm³/mol. The van der Waals surface area contributed by atoms with Gasteiger partial charge in [0.05, 0.1) is 6.10 Å². The minimum atomic E-state index is -0.524. The minimum Gasteiger partial charge on any atom is -0.387 e. The molecule has 1 rings (SSSR count). The van der Waals surface area contributed by atoms with Gasteiger partial charge in [0, 0.05) is 17.1 Å². The molecule has 0 aromatic heterocycles. The second-order valence-electron chi connectivity index (χ2n) is 3.94. The fraction of sp³-hybridized carbons (Fsp3) is 0.538. The first kappa shape index (κ1) is 14.8. The Balaban J connectivity index is 2.21. The van der Waals surface area contributed by atoms with Crippen LogP contribution >= 0.6 is 23.4 Å². The van der Waals surface area contributed by atoms with Crippen LogP contribution in [-0.4, -0.2) is 30.2 Å². The van der Waals surface area contributed by atoms with Gasteiger partial charge < -0.3 is 10.4 Å². The monoisotopic (exact) mass is 273 g/mol. The van der Waals surface area contributed by atoms with Crippen LogP contribution in [0.25, 0.3) is 0 Å².